The average Bonchev–Trinajstić information content (AvgIpc) is 2.77. The van der Waals surface area contributed by atoms with Gasteiger partial charge in [-0.1, -0.05) is 18.2 Å². The molecule has 4 rings (SSSR count). The summed E-state index contributed by atoms with van der Waals surface area (Å²) in [5.74, 6) is 1.40. The minimum atomic E-state index is 0.0968. The van der Waals surface area contributed by atoms with E-state index >= 15 is 0 Å². The molecule has 0 spiro atoms. The SMILES string of the molecule is COc1cc2c(cc1OC)C1=C(C#N)C=CC(c3ccc(N(C)C)cc3)N1CC2. The third-order valence-corrected chi connectivity index (χ3v) is 5.68. The van der Waals surface area contributed by atoms with Gasteiger partial charge in [0, 0.05) is 31.9 Å². The van der Waals surface area contributed by atoms with E-state index < -0.39 is 0 Å². The Morgan fingerprint density at radius 3 is 2.38 bits per heavy atom. The van der Waals surface area contributed by atoms with Gasteiger partial charge in [-0.05, 0) is 47.9 Å². The predicted molar refractivity (Wildman–Crippen MR) is 115 cm³/mol. The van der Waals surface area contributed by atoms with Crippen molar-refractivity contribution in [3.05, 3.63) is 70.8 Å². The number of rotatable bonds is 4. The van der Waals surface area contributed by atoms with Crippen molar-refractivity contribution in [1.29, 1.82) is 5.26 Å². The van der Waals surface area contributed by atoms with Gasteiger partial charge in [-0.3, -0.25) is 0 Å². The molecule has 5 heteroatoms. The predicted octanol–water partition coefficient (Wildman–Crippen LogP) is 4.17. The summed E-state index contributed by atoms with van der Waals surface area (Å²) in [4.78, 5) is 4.42. The Balaban J connectivity index is 1.79. The van der Waals surface area contributed by atoms with Crippen LogP contribution in [0.1, 0.15) is 22.7 Å². The Morgan fingerprint density at radius 2 is 1.76 bits per heavy atom. The number of hydrogen-bond donors (Lipinski definition) is 0. The molecular formula is C24H25N3O2. The van der Waals surface area contributed by atoms with Crippen LogP contribution in [0, 0.1) is 11.3 Å². The van der Waals surface area contributed by atoms with Gasteiger partial charge in [0.25, 0.3) is 0 Å². The number of hydrogen-bond acceptors (Lipinski definition) is 5. The number of anilines is 1. The van der Waals surface area contributed by atoms with Crippen molar-refractivity contribution in [3.63, 3.8) is 0 Å². The molecule has 0 radical (unpaired) electrons. The van der Waals surface area contributed by atoms with Gasteiger partial charge in [0.15, 0.2) is 11.5 Å². The molecule has 0 saturated heterocycles. The van der Waals surface area contributed by atoms with Crippen molar-refractivity contribution in [2.75, 3.05) is 39.8 Å². The Kier molecular flexibility index (Phi) is 4.94. The zero-order valence-corrected chi connectivity index (χ0v) is 17.3. The molecule has 2 aromatic carbocycles. The van der Waals surface area contributed by atoms with Gasteiger partial charge in [-0.25, -0.2) is 0 Å². The van der Waals surface area contributed by atoms with Crippen LogP contribution in [0.5, 0.6) is 11.5 Å². The van der Waals surface area contributed by atoms with Crippen molar-refractivity contribution in [2.45, 2.75) is 12.5 Å². The van der Waals surface area contributed by atoms with E-state index in [0.717, 1.165) is 30.0 Å². The highest BCUT2D eigenvalue weighted by Gasteiger charge is 2.32. The van der Waals surface area contributed by atoms with Crippen molar-refractivity contribution in [3.8, 4) is 17.6 Å². The maximum atomic E-state index is 9.79. The van der Waals surface area contributed by atoms with E-state index in [9.17, 15) is 5.26 Å². The van der Waals surface area contributed by atoms with Crippen LogP contribution in [-0.4, -0.2) is 39.8 Å². The molecule has 2 aromatic rings. The summed E-state index contributed by atoms with van der Waals surface area (Å²) in [6.07, 6.45) is 4.96. The third kappa shape index (κ3) is 3.21. The standard InChI is InChI=1S/C24H25N3O2/c1-26(2)19-8-5-16(6-9-19)21-10-7-18(15-25)24-20-14-23(29-4)22(28-3)13-17(20)11-12-27(21)24/h5-10,13-14,21H,11-12H2,1-4H3. The van der Waals surface area contributed by atoms with E-state index in [1.165, 1.54) is 16.8 Å². The lowest BCUT2D eigenvalue weighted by molar-refractivity contribution is 0.329. The van der Waals surface area contributed by atoms with Crippen molar-refractivity contribution < 1.29 is 9.47 Å². The molecule has 0 N–H and O–H groups in total. The molecule has 0 aliphatic carbocycles. The van der Waals surface area contributed by atoms with Crippen molar-refractivity contribution >= 4 is 11.4 Å². The topological polar surface area (TPSA) is 48.7 Å². The fourth-order valence-corrected chi connectivity index (χ4v) is 4.15. The van der Waals surface area contributed by atoms with Crippen LogP contribution in [0.2, 0.25) is 0 Å². The second kappa shape index (κ2) is 7.56. The quantitative estimate of drug-likeness (QED) is 0.788. The number of nitriles is 1. The van der Waals surface area contributed by atoms with E-state index in [4.69, 9.17) is 9.47 Å². The van der Waals surface area contributed by atoms with E-state index in [1.54, 1.807) is 14.2 Å². The zero-order valence-electron chi connectivity index (χ0n) is 17.3. The minimum absolute atomic E-state index is 0.0968. The second-order valence-electron chi connectivity index (χ2n) is 7.47. The normalized spacial score (nSPS) is 17.3. The fourth-order valence-electron chi connectivity index (χ4n) is 4.15. The van der Waals surface area contributed by atoms with Gasteiger partial charge in [-0.15, -0.1) is 0 Å². The van der Waals surface area contributed by atoms with Crippen LogP contribution < -0.4 is 14.4 Å². The van der Waals surface area contributed by atoms with Crippen molar-refractivity contribution in [2.24, 2.45) is 0 Å². The molecule has 0 saturated carbocycles. The first kappa shape index (κ1) is 18.9. The lowest BCUT2D eigenvalue weighted by Gasteiger charge is -2.41. The Labute approximate surface area is 172 Å². The van der Waals surface area contributed by atoms with Crippen LogP contribution in [-0.2, 0) is 6.42 Å². The summed E-state index contributed by atoms with van der Waals surface area (Å²) in [6, 6.07) is 15.1. The summed E-state index contributed by atoms with van der Waals surface area (Å²) in [5, 5.41) is 9.79. The molecule has 0 fully saturated rings. The molecule has 1 atom stereocenters. The molecule has 0 bridgehead atoms. The summed E-state index contributed by atoms with van der Waals surface area (Å²) >= 11 is 0. The summed E-state index contributed by atoms with van der Waals surface area (Å²) in [6.45, 7) is 0.841. The minimum Gasteiger partial charge on any atom is -0.493 e. The van der Waals surface area contributed by atoms with Gasteiger partial charge < -0.3 is 19.3 Å². The summed E-state index contributed by atoms with van der Waals surface area (Å²) in [7, 11) is 7.37. The zero-order chi connectivity index (χ0) is 20.5. The molecule has 2 aliphatic rings. The Hall–Kier alpha value is -3.39. The van der Waals surface area contributed by atoms with Gasteiger partial charge in [0.2, 0.25) is 0 Å². The molecule has 29 heavy (non-hydrogen) atoms. The molecule has 148 valence electrons. The fraction of sp³-hybridized carbons (Fsp3) is 0.292. The number of nitrogens with zero attached hydrogens (tertiary/aromatic N) is 3. The number of allylic oxidation sites excluding steroid dienone is 2. The second-order valence-corrected chi connectivity index (χ2v) is 7.47. The van der Waals surface area contributed by atoms with E-state index in [0.29, 0.717) is 11.3 Å². The lowest BCUT2D eigenvalue weighted by Crippen LogP contribution is -2.34. The maximum Gasteiger partial charge on any atom is 0.161 e. The summed E-state index contributed by atoms with van der Waals surface area (Å²) in [5.41, 5.74) is 6.26. The number of benzene rings is 2. The number of fused-ring (bicyclic) bond motifs is 3. The van der Waals surface area contributed by atoms with Crippen molar-refractivity contribution in [1.82, 2.24) is 4.90 Å². The van der Waals surface area contributed by atoms with Gasteiger partial charge in [0.05, 0.1) is 31.5 Å². The van der Waals surface area contributed by atoms with Gasteiger partial charge >= 0.3 is 0 Å². The molecule has 0 aromatic heterocycles. The van der Waals surface area contributed by atoms with Crippen LogP contribution in [0.15, 0.2) is 54.1 Å². The Bertz CT molecular complexity index is 1030. The van der Waals surface area contributed by atoms with E-state index in [2.05, 4.69) is 46.2 Å². The maximum absolute atomic E-state index is 9.79. The Morgan fingerprint density at radius 1 is 1.07 bits per heavy atom. The van der Waals surface area contributed by atoms with Gasteiger partial charge in [0.1, 0.15) is 6.07 Å². The number of ether oxygens (including phenoxy) is 2. The molecule has 1 unspecified atom stereocenters. The van der Waals surface area contributed by atoms with E-state index in [1.807, 2.05) is 32.3 Å². The van der Waals surface area contributed by atoms with Gasteiger partial charge in [-0.2, -0.15) is 5.26 Å². The van der Waals surface area contributed by atoms with Crippen LogP contribution in [0.4, 0.5) is 5.69 Å². The highest BCUT2D eigenvalue weighted by molar-refractivity contribution is 5.79. The molecule has 0 amide bonds. The molecule has 5 nitrogen and oxygen atoms in total. The highest BCUT2D eigenvalue weighted by Crippen LogP contribution is 2.44. The monoisotopic (exact) mass is 387 g/mol. The molecule has 2 heterocycles. The van der Waals surface area contributed by atoms with E-state index in [-0.39, 0.29) is 6.04 Å². The molecular weight excluding hydrogens is 362 g/mol. The first-order valence-electron chi connectivity index (χ1n) is 9.69. The number of methoxy groups -OCH3 is 2. The largest absolute Gasteiger partial charge is 0.493 e. The summed E-state index contributed by atoms with van der Waals surface area (Å²) < 4.78 is 11.0. The molecule has 2 aliphatic heterocycles. The first-order chi connectivity index (χ1) is 14.1. The third-order valence-electron chi connectivity index (χ3n) is 5.68. The van der Waals surface area contributed by atoms with Crippen LogP contribution in [0.3, 0.4) is 0 Å². The van der Waals surface area contributed by atoms with Crippen LogP contribution >= 0.6 is 0 Å². The highest BCUT2D eigenvalue weighted by atomic mass is 16.5. The van der Waals surface area contributed by atoms with Crippen LogP contribution in [0.25, 0.3) is 5.70 Å². The average molecular weight is 387 g/mol. The smallest absolute Gasteiger partial charge is 0.161 e. The lowest BCUT2D eigenvalue weighted by atomic mass is 9.88. The first-order valence-corrected chi connectivity index (χ1v) is 9.69.